The van der Waals surface area contributed by atoms with Crippen molar-refractivity contribution in [2.75, 3.05) is 13.6 Å². The summed E-state index contributed by atoms with van der Waals surface area (Å²) in [6.07, 6.45) is 3.58. The highest BCUT2D eigenvalue weighted by molar-refractivity contribution is 5.74. The summed E-state index contributed by atoms with van der Waals surface area (Å²) in [7, 11) is 1.93. The number of carboxylic acid groups (broad SMARTS) is 1. The third kappa shape index (κ3) is 1.04. The maximum Gasteiger partial charge on any atom is 0.321 e. The molecule has 0 aromatic heterocycles. The monoisotopic (exact) mass is 169 g/mol. The molecule has 1 heterocycles. The van der Waals surface area contributed by atoms with Gasteiger partial charge in [0.1, 0.15) is 6.04 Å². The van der Waals surface area contributed by atoms with Gasteiger partial charge in [0.05, 0.1) is 0 Å². The highest BCUT2D eigenvalue weighted by Crippen LogP contribution is 2.41. The molecule has 0 spiro atoms. The zero-order valence-corrected chi connectivity index (χ0v) is 7.36. The van der Waals surface area contributed by atoms with E-state index in [1.54, 1.807) is 0 Å². The molecule has 2 aliphatic rings. The summed E-state index contributed by atoms with van der Waals surface area (Å²) in [5.41, 5.74) is 0. The van der Waals surface area contributed by atoms with E-state index in [1.807, 2.05) is 11.9 Å². The summed E-state index contributed by atoms with van der Waals surface area (Å²) in [6, 6.07) is -0.197. The van der Waals surface area contributed by atoms with Crippen LogP contribution >= 0.6 is 0 Å². The fraction of sp³-hybridized carbons (Fsp3) is 0.889. The molecule has 0 aromatic rings. The summed E-state index contributed by atoms with van der Waals surface area (Å²) < 4.78 is 0. The minimum Gasteiger partial charge on any atom is -0.480 e. The third-order valence-corrected chi connectivity index (χ3v) is 3.37. The molecule has 2 fully saturated rings. The molecular weight excluding hydrogens is 154 g/mol. The number of carbonyl (C=O) groups is 1. The van der Waals surface area contributed by atoms with Crippen LogP contribution in [0.25, 0.3) is 0 Å². The predicted molar refractivity (Wildman–Crippen MR) is 44.9 cm³/mol. The van der Waals surface area contributed by atoms with E-state index in [0.717, 1.165) is 13.0 Å². The van der Waals surface area contributed by atoms with Crippen molar-refractivity contribution in [3.05, 3.63) is 0 Å². The standard InChI is InChI=1S/C9H15NO2/c1-10-5-6-3-2-4-7(6)8(10)9(11)12/h6-8H,2-5H2,1H3,(H,11,12)/t6-,7-,8?/m0/s1. The van der Waals surface area contributed by atoms with Crippen molar-refractivity contribution in [3.8, 4) is 0 Å². The smallest absolute Gasteiger partial charge is 0.321 e. The molecule has 3 atom stereocenters. The Morgan fingerprint density at radius 3 is 2.92 bits per heavy atom. The number of carboxylic acids is 1. The second-order valence-corrected chi connectivity index (χ2v) is 4.08. The molecule has 0 amide bonds. The van der Waals surface area contributed by atoms with Crippen LogP contribution in [0.4, 0.5) is 0 Å². The maximum absolute atomic E-state index is 10.9. The lowest BCUT2D eigenvalue weighted by Gasteiger charge is -2.18. The molecule has 0 aromatic carbocycles. The summed E-state index contributed by atoms with van der Waals surface area (Å²) in [5.74, 6) is 0.468. The van der Waals surface area contributed by atoms with Gasteiger partial charge in [0.25, 0.3) is 0 Å². The second-order valence-electron chi connectivity index (χ2n) is 4.08. The Hall–Kier alpha value is -0.570. The van der Waals surface area contributed by atoms with Crippen LogP contribution in [0.1, 0.15) is 19.3 Å². The summed E-state index contributed by atoms with van der Waals surface area (Å²) >= 11 is 0. The number of fused-ring (bicyclic) bond motifs is 1. The average Bonchev–Trinajstić information content (AvgIpc) is 2.44. The lowest BCUT2D eigenvalue weighted by molar-refractivity contribution is -0.143. The van der Waals surface area contributed by atoms with E-state index >= 15 is 0 Å². The van der Waals surface area contributed by atoms with Gasteiger partial charge in [-0.15, -0.1) is 0 Å². The van der Waals surface area contributed by atoms with Crippen molar-refractivity contribution in [2.24, 2.45) is 11.8 Å². The Morgan fingerprint density at radius 1 is 1.50 bits per heavy atom. The molecule has 1 aliphatic carbocycles. The summed E-state index contributed by atoms with van der Waals surface area (Å²) in [6.45, 7) is 0.988. The highest BCUT2D eigenvalue weighted by atomic mass is 16.4. The van der Waals surface area contributed by atoms with Gasteiger partial charge >= 0.3 is 5.97 Å². The second kappa shape index (κ2) is 2.73. The van der Waals surface area contributed by atoms with Crippen molar-refractivity contribution < 1.29 is 9.90 Å². The Kier molecular flexibility index (Phi) is 1.83. The van der Waals surface area contributed by atoms with Crippen LogP contribution in [0.2, 0.25) is 0 Å². The van der Waals surface area contributed by atoms with E-state index in [2.05, 4.69) is 0 Å². The first-order valence-electron chi connectivity index (χ1n) is 4.63. The zero-order valence-electron chi connectivity index (χ0n) is 7.36. The van der Waals surface area contributed by atoms with Gasteiger partial charge < -0.3 is 5.11 Å². The summed E-state index contributed by atoms with van der Waals surface area (Å²) in [4.78, 5) is 12.9. The van der Waals surface area contributed by atoms with Gasteiger partial charge in [-0.2, -0.15) is 0 Å². The number of aliphatic carboxylic acids is 1. The van der Waals surface area contributed by atoms with Crippen LogP contribution in [0, 0.1) is 11.8 Å². The lowest BCUT2D eigenvalue weighted by atomic mass is 9.94. The molecule has 1 saturated heterocycles. The number of hydrogen-bond donors (Lipinski definition) is 1. The average molecular weight is 169 g/mol. The minimum atomic E-state index is -0.632. The Labute approximate surface area is 72.4 Å². The SMILES string of the molecule is CN1C[C@@H]2CCC[C@@H]2C1C(=O)O. The van der Waals surface area contributed by atoms with Gasteiger partial charge in [-0.25, -0.2) is 0 Å². The first-order chi connectivity index (χ1) is 5.70. The van der Waals surface area contributed by atoms with Crippen molar-refractivity contribution in [1.29, 1.82) is 0 Å². The van der Waals surface area contributed by atoms with Crippen LogP contribution in [0.15, 0.2) is 0 Å². The number of likely N-dealkylation sites (tertiary alicyclic amines) is 1. The first-order valence-corrected chi connectivity index (χ1v) is 4.63. The highest BCUT2D eigenvalue weighted by Gasteiger charge is 2.45. The van der Waals surface area contributed by atoms with Crippen LogP contribution in [-0.4, -0.2) is 35.6 Å². The number of hydrogen-bond acceptors (Lipinski definition) is 2. The van der Waals surface area contributed by atoms with Gasteiger partial charge in [0.15, 0.2) is 0 Å². The number of rotatable bonds is 1. The topological polar surface area (TPSA) is 40.5 Å². The molecule has 12 heavy (non-hydrogen) atoms. The minimum absolute atomic E-state index is 0.197. The molecule has 1 saturated carbocycles. The third-order valence-electron chi connectivity index (χ3n) is 3.37. The molecule has 1 N–H and O–H groups in total. The van der Waals surface area contributed by atoms with Gasteiger partial charge in [-0.3, -0.25) is 9.69 Å². The fourth-order valence-corrected chi connectivity index (χ4v) is 2.89. The summed E-state index contributed by atoms with van der Waals surface area (Å²) in [5, 5.41) is 8.99. The van der Waals surface area contributed by atoms with Gasteiger partial charge in [0.2, 0.25) is 0 Å². The Balaban J connectivity index is 2.15. The molecule has 2 rings (SSSR count). The van der Waals surface area contributed by atoms with Gasteiger partial charge in [-0.1, -0.05) is 6.42 Å². The molecule has 1 aliphatic heterocycles. The van der Waals surface area contributed by atoms with Crippen molar-refractivity contribution in [2.45, 2.75) is 25.3 Å². The largest absolute Gasteiger partial charge is 0.480 e. The number of nitrogens with zero attached hydrogens (tertiary/aromatic N) is 1. The van der Waals surface area contributed by atoms with Crippen molar-refractivity contribution >= 4 is 5.97 Å². The van der Waals surface area contributed by atoms with Crippen LogP contribution in [0.3, 0.4) is 0 Å². The molecule has 3 nitrogen and oxygen atoms in total. The van der Waals surface area contributed by atoms with Crippen LogP contribution in [-0.2, 0) is 4.79 Å². The van der Waals surface area contributed by atoms with E-state index in [-0.39, 0.29) is 6.04 Å². The molecule has 0 radical (unpaired) electrons. The van der Waals surface area contributed by atoms with E-state index in [0.29, 0.717) is 11.8 Å². The normalized spacial score (nSPS) is 41.6. The Morgan fingerprint density at radius 2 is 2.25 bits per heavy atom. The van der Waals surface area contributed by atoms with Gasteiger partial charge in [0, 0.05) is 6.54 Å². The van der Waals surface area contributed by atoms with Gasteiger partial charge in [-0.05, 0) is 31.7 Å². The molecule has 68 valence electrons. The lowest BCUT2D eigenvalue weighted by Crippen LogP contribution is -2.36. The molecule has 3 heteroatoms. The van der Waals surface area contributed by atoms with E-state index < -0.39 is 5.97 Å². The van der Waals surface area contributed by atoms with E-state index in [4.69, 9.17) is 5.11 Å². The van der Waals surface area contributed by atoms with Crippen LogP contribution < -0.4 is 0 Å². The van der Waals surface area contributed by atoms with Crippen molar-refractivity contribution in [1.82, 2.24) is 4.90 Å². The molecule has 1 unspecified atom stereocenters. The maximum atomic E-state index is 10.9. The first kappa shape index (κ1) is 8.05. The van der Waals surface area contributed by atoms with Crippen molar-refractivity contribution in [3.63, 3.8) is 0 Å². The number of likely N-dealkylation sites (N-methyl/N-ethyl adjacent to an activating group) is 1. The predicted octanol–water partition coefficient (Wildman–Crippen LogP) is 0.801. The fourth-order valence-electron chi connectivity index (χ4n) is 2.89. The van der Waals surface area contributed by atoms with E-state index in [1.165, 1.54) is 12.8 Å². The van der Waals surface area contributed by atoms with Crippen LogP contribution in [0.5, 0.6) is 0 Å². The quantitative estimate of drug-likeness (QED) is 0.631. The zero-order chi connectivity index (χ0) is 8.72. The van der Waals surface area contributed by atoms with E-state index in [9.17, 15) is 4.79 Å². The molecular formula is C9H15NO2. The Bertz CT molecular complexity index is 205. The molecule has 0 bridgehead atoms.